The first kappa shape index (κ1) is 16.2. The Labute approximate surface area is 117 Å². The number of hydrogen-bond acceptors (Lipinski definition) is 3. The fraction of sp³-hybridized carbons (Fsp3) is 0.800. The van der Waals surface area contributed by atoms with E-state index in [1.165, 1.54) is 0 Å². The molecular formula is C15H29N3O. The van der Waals surface area contributed by atoms with Crippen LogP contribution in [-0.4, -0.2) is 44.3 Å². The summed E-state index contributed by atoms with van der Waals surface area (Å²) in [5, 5.41) is 10.8. The fourth-order valence-electron chi connectivity index (χ4n) is 3.19. The molecule has 0 fully saturated rings. The lowest BCUT2D eigenvalue weighted by molar-refractivity contribution is -0.0352. The van der Waals surface area contributed by atoms with E-state index in [0.29, 0.717) is 6.42 Å². The Balaban J connectivity index is 2.95. The Kier molecular flexibility index (Phi) is 6.01. The van der Waals surface area contributed by atoms with Crippen molar-refractivity contribution < 1.29 is 5.11 Å². The van der Waals surface area contributed by atoms with Crippen LogP contribution in [-0.2, 0) is 13.5 Å². The zero-order valence-electron chi connectivity index (χ0n) is 13.1. The predicted molar refractivity (Wildman–Crippen MR) is 79.2 cm³/mol. The molecule has 4 heteroatoms. The molecule has 0 bridgehead atoms. The second kappa shape index (κ2) is 7.06. The zero-order valence-corrected chi connectivity index (χ0v) is 13.1. The number of aliphatic hydroxyl groups is 1. The van der Waals surface area contributed by atoms with Crippen molar-refractivity contribution in [2.45, 2.75) is 58.6 Å². The van der Waals surface area contributed by atoms with Gasteiger partial charge in [-0.3, -0.25) is 4.90 Å². The molecule has 1 heterocycles. The number of likely N-dealkylation sites (N-methyl/N-ethyl adjacent to an activating group) is 1. The lowest BCUT2D eigenvalue weighted by Crippen LogP contribution is -2.56. The number of nitrogens with zero attached hydrogens (tertiary/aromatic N) is 3. The van der Waals surface area contributed by atoms with Gasteiger partial charge < -0.3 is 9.67 Å². The van der Waals surface area contributed by atoms with Crippen LogP contribution in [0.25, 0.3) is 0 Å². The van der Waals surface area contributed by atoms with E-state index in [9.17, 15) is 5.11 Å². The lowest BCUT2D eigenvalue weighted by atomic mass is 9.82. The Bertz CT molecular complexity index is 367. The summed E-state index contributed by atoms with van der Waals surface area (Å²) in [6.07, 6.45) is 5.86. The maximum Gasteiger partial charge on any atom is 0.111 e. The molecular weight excluding hydrogens is 238 g/mol. The van der Waals surface area contributed by atoms with E-state index >= 15 is 0 Å². The SMILES string of the molecule is CCN(CC)C(CC)(CC)C(O)Cc1nccn1C. The number of aliphatic hydroxyl groups excluding tert-OH is 1. The van der Waals surface area contributed by atoms with Gasteiger partial charge in [0.05, 0.1) is 6.10 Å². The highest BCUT2D eigenvalue weighted by Crippen LogP contribution is 2.29. The predicted octanol–water partition coefficient (Wildman–Crippen LogP) is 2.22. The van der Waals surface area contributed by atoms with Gasteiger partial charge in [-0.1, -0.05) is 27.7 Å². The normalized spacial score (nSPS) is 14.1. The molecule has 1 unspecified atom stereocenters. The average Bonchev–Trinajstić information content (AvgIpc) is 2.81. The molecule has 110 valence electrons. The van der Waals surface area contributed by atoms with Crippen LogP contribution in [0.4, 0.5) is 0 Å². The molecule has 1 aromatic rings. The van der Waals surface area contributed by atoms with Crippen molar-refractivity contribution in [2.75, 3.05) is 13.1 Å². The van der Waals surface area contributed by atoms with Gasteiger partial charge in [0.1, 0.15) is 5.82 Å². The summed E-state index contributed by atoms with van der Waals surface area (Å²) in [6.45, 7) is 10.6. The molecule has 1 atom stereocenters. The molecule has 0 aromatic carbocycles. The standard InChI is InChI=1S/C15H29N3O/c1-6-15(7-2,18(8-3)9-4)13(19)12-14-16-10-11-17(14)5/h10-11,13,19H,6-9,12H2,1-5H3. The Morgan fingerprint density at radius 1 is 1.26 bits per heavy atom. The summed E-state index contributed by atoms with van der Waals surface area (Å²) >= 11 is 0. The molecule has 0 aliphatic rings. The summed E-state index contributed by atoms with van der Waals surface area (Å²) in [5.41, 5.74) is -0.143. The second-order valence-electron chi connectivity index (χ2n) is 5.16. The minimum absolute atomic E-state index is 0.143. The first-order chi connectivity index (χ1) is 9.05. The van der Waals surface area contributed by atoms with E-state index in [2.05, 4.69) is 37.6 Å². The van der Waals surface area contributed by atoms with Crippen molar-refractivity contribution in [2.24, 2.45) is 7.05 Å². The molecule has 1 aromatic heterocycles. The maximum absolute atomic E-state index is 10.8. The first-order valence-electron chi connectivity index (χ1n) is 7.44. The van der Waals surface area contributed by atoms with Gasteiger partial charge in [-0.25, -0.2) is 4.98 Å². The summed E-state index contributed by atoms with van der Waals surface area (Å²) in [7, 11) is 1.98. The highest BCUT2D eigenvalue weighted by atomic mass is 16.3. The highest BCUT2D eigenvalue weighted by molar-refractivity contribution is 5.01. The molecule has 0 saturated heterocycles. The van der Waals surface area contributed by atoms with Gasteiger partial charge in [-0.05, 0) is 25.9 Å². The number of aromatic nitrogens is 2. The Morgan fingerprint density at radius 3 is 2.21 bits per heavy atom. The number of imidazole rings is 1. The van der Waals surface area contributed by atoms with E-state index < -0.39 is 0 Å². The maximum atomic E-state index is 10.8. The van der Waals surface area contributed by atoms with Gasteiger partial charge in [-0.15, -0.1) is 0 Å². The van der Waals surface area contributed by atoms with E-state index in [1.807, 2.05) is 17.8 Å². The van der Waals surface area contributed by atoms with Crippen LogP contribution in [0, 0.1) is 0 Å². The van der Waals surface area contributed by atoms with Crippen LogP contribution in [0.5, 0.6) is 0 Å². The Morgan fingerprint density at radius 2 is 1.84 bits per heavy atom. The van der Waals surface area contributed by atoms with Crippen LogP contribution >= 0.6 is 0 Å². The van der Waals surface area contributed by atoms with Crippen molar-refractivity contribution in [3.8, 4) is 0 Å². The minimum atomic E-state index is -0.386. The fourth-order valence-corrected chi connectivity index (χ4v) is 3.19. The van der Waals surface area contributed by atoms with Crippen LogP contribution < -0.4 is 0 Å². The largest absolute Gasteiger partial charge is 0.391 e. The van der Waals surface area contributed by atoms with Crippen LogP contribution in [0.15, 0.2) is 12.4 Å². The zero-order chi connectivity index (χ0) is 14.5. The van der Waals surface area contributed by atoms with Gasteiger partial charge in [-0.2, -0.15) is 0 Å². The third-order valence-corrected chi connectivity index (χ3v) is 4.53. The van der Waals surface area contributed by atoms with Crippen molar-refractivity contribution in [3.63, 3.8) is 0 Å². The van der Waals surface area contributed by atoms with Gasteiger partial charge in [0.25, 0.3) is 0 Å². The molecule has 0 aliphatic heterocycles. The third-order valence-electron chi connectivity index (χ3n) is 4.53. The first-order valence-corrected chi connectivity index (χ1v) is 7.44. The molecule has 0 aliphatic carbocycles. The summed E-state index contributed by atoms with van der Waals surface area (Å²) in [5.74, 6) is 0.950. The molecule has 19 heavy (non-hydrogen) atoms. The average molecular weight is 267 g/mol. The van der Waals surface area contributed by atoms with Gasteiger partial charge in [0.15, 0.2) is 0 Å². The van der Waals surface area contributed by atoms with Gasteiger partial charge in [0.2, 0.25) is 0 Å². The molecule has 1 N–H and O–H groups in total. The topological polar surface area (TPSA) is 41.3 Å². The molecule has 0 radical (unpaired) electrons. The molecule has 0 spiro atoms. The Hall–Kier alpha value is -0.870. The van der Waals surface area contributed by atoms with Crippen molar-refractivity contribution >= 4 is 0 Å². The molecule has 4 nitrogen and oxygen atoms in total. The lowest BCUT2D eigenvalue weighted by Gasteiger charge is -2.45. The van der Waals surface area contributed by atoms with E-state index in [0.717, 1.165) is 31.8 Å². The summed E-state index contributed by atoms with van der Waals surface area (Å²) < 4.78 is 1.99. The minimum Gasteiger partial charge on any atom is -0.391 e. The smallest absolute Gasteiger partial charge is 0.111 e. The van der Waals surface area contributed by atoms with Crippen molar-refractivity contribution in [1.82, 2.24) is 14.5 Å². The third kappa shape index (κ3) is 3.18. The van der Waals surface area contributed by atoms with E-state index in [-0.39, 0.29) is 11.6 Å². The summed E-state index contributed by atoms with van der Waals surface area (Å²) in [6, 6.07) is 0. The molecule has 0 amide bonds. The van der Waals surface area contributed by atoms with Crippen LogP contribution in [0.3, 0.4) is 0 Å². The van der Waals surface area contributed by atoms with Crippen LogP contribution in [0.2, 0.25) is 0 Å². The quantitative estimate of drug-likeness (QED) is 0.785. The van der Waals surface area contributed by atoms with Crippen LogP contribution in [0.1, 0.15) is 46.4 Å². The van der Waals surface area contributed by atoms with E-state index in [1.54, 1.807) is 6.20 Å². The van der Waals surface area contributed by atoms with Crippen molar-refractivity contribution in [1.29, 1.82) is 0 Å². The molecule has 0 saturated carbocycles. The summed E-state index contributed by atoms with van der Waals surface area (Å²) in [4.78, 5) is 6.72. The number of rotatable bonds is 8. The molecule has 1 rings (SSSR count). The monoisotopic (exact) mass is 267 g/mol. The van der Waals surface area contributed by atoms with Crippen molar-refractivity contribution in [3.05, 3.63) is 18.2 Å². The van der Waals surface area contributed by atoms with E-state index in [4.69, 9.17) is 0 Å². The second-order valence-corrected chi connectivity index (χ2v) is 5.16. The van der Waals surface area contributed by atoms with Gasteiger partial charge in [0, 0.05) is 31.4 Å². The highest BCUT2D eigenvalue weighted by Gasteiger charge is 2.39. The number of aryl methyl sites for hydroxylation is 1. The number of hydrogen-bond donors (Lipinski definition) is 1. The van der Waals surface area contributed by atoms with Gasteiger partial charge >= 0.3 is 0 Å².